The molecule has 2 rings (SSSR count). The van der Waals surface area contributed by atoms with Crippen molar-refractivity contribution in [3.8, 4) is 0 Å². The molecule has 21 heavy (non-hydrogen) atoms. The van der Waals surface area contributed by atoms with Gasteiger partial charge in [0, 0.05) is 0 Å². The monoisotopic (exact) mass is 310 g/mol. The molecule has 1 aliphatic rings. The average molecular weight is 310 g/mol. The molecule has 1 aromatic carbocycles. The van der Waals surface area contributed by atoms with E-state index < -0.39 is 10.1 Å². The van der Waals surface area contributed by atoms with Gasteiger partial charge >= 0.3 is 0 Å². The van der Waals surface area contributed by atoms with E-state index in [1.807, 2.05) is 6.92 Å². The lowest BCUT2D eigenvalue weighted by atomic mass is 9.79. The topological polar surface area (TPSA) is 43.4 Å². The molecule has 1 fully saturated rings. The van der Waals surface area contributed by atoms with Gasteiger partial charge in [-0.25, -0.2) is 0 Å². The minimum absolute atomic E-state index is 0.256. The summed E-state index contributed by atoms with van der Waals surface area (Å²) in [5.74, 6) is 0.975. The Morgan fingerprint density at radius 3 is 2.33 bits per heavy atom. The number of hydrogen-bond donors (Lipinski definition) is 0. The molecule has 0 amide bonds. The molecule has 0 N–H and O–H groups in total. The van der Waals surface area contributed by atoms with Crippen LogP contribution in [0.25, 0.3) is 0 Å². The Bertz CT molecular complexity index is 528. The maximum atomic E-state index is 12.2. The molecule has 1 aromatic rings. The highest BCUT2D eigenvalue weighted by Crippen LogP contribution is 2.32. The zero-order valence-corrected chi connectivity index (χ0v) is 13.9. The van der Waals surface area contributed by atoms with Crippen LogP contribution in [0.15, 0.2) is 29.2 Å². The first-order chi connectivity index (χ1) is 10.0. The Labute approximate surface area is 128 Å². The van der Waals surface area contributed by atoms with E-state index in [0.717, 1.165) is 12.0 Å². The fourth-order valence-electron chi connectivity index (χ4n) is 3.14. The first-order valence-electron chi connectivity index (χ1n) is 7.99. The van der Waals surface area contributed by atoms with Crippen molar-refractivity contribution in [2.45, 2.75) is 57.3 Å². The Morgan fingerprint density at radius 2 is 1.76 bits per heavy atom. The summed E-state index contributed by atoms with van der Waals surface area (Å²) < 4.78 is 29.8. The molecule has 0 aromatic heterocycles. The van der Waals surface area contributed by atoms with Crippen molar-refractivity contribution in [1.82, 2.24) is 0 Å². The highest BCUT2D eigenvalue weighted by atomic mass is 32.2. The van der Waals surface area contributed by atoms with Crippen LogP contribution in [-0.4, -0.2) is 15.0 Å². The van der Waals surface area contributed by atoms with E-state index in [4.69, 9.17) is 4.18 Å². The van der Waals surface area contributed by atoms with Gasteiger partial charge in [-0.1, -0.05) is 63.1 Å². The summed E-state index contributed by atoms with van der Waals surface area (Å²) >= 11 is 0. The van der Waals surface area contributed by atoms with Crippen molar-refractivity contribution >= 4 is 10.1 Å². The quantitative estimate of drug-likeness (QED) is 0.735. The van der Waals surface area contributed by atoms with Crippen LogP contribution in [0.1, 0.15) is 51.0 Å². The molecule has 1 aliphatic carbocycles. The average Bonchev–Trinajstić information content (AvgIpc) is 2.49. The Morgan fingerprint density at radius 1 is 1.14 bits per heavy atom. The lowest BCUT2D eigenvalue weighted by Gasteiger charge is -2.29. The second-order valence-electron chi connectivity index (χ2n) is 6.12. The SMILES string of the molecule is CC[C@H](COS(=O)(=O)c1ccc(C)cc1)C1CCCCC1. The zero-order valence-electron chi connectivity index (χ0n) is 13.0. The summed E-state index contributed by atoms with van der Waals surface area (Å²) in [6.45, 7) is 4.38. The van der Waals surface area contributed by atoms with E-state index in [2.05, 4.69) is 6.92 Å². The van der Waals surface area contributed by atoms with Gasteiger partial charge in [0.1, 0.15) is 0 Å². The fraction of sp³-hybridized carbons (Fsp3) is 0.647. The Balaban J connectivity index is 1.97. The molecular weight excluding hydrogens is 284 g/mol. The summed E-state index contributed by atoms with van der Waals surface area (Å²) in [4.78, 5) is 0.256. The molecule has 0 spiro atoms. The first kappa shape index (κ1) is 16.5. The largest absolute Gasteiger partial charge is 0.296 e. The van der Waals surface area contributed by atoms with Crippen molar-refractivity contribution in [2.75, 3.05) is 6.61 Å². The van der Waals surface area contributed by atoms with Gasteiger partial charge < -0.3 is 0 Å². The van der Waals surface area contributed by atoms with Crippen molar-refractivity contribution in [1.29, 1.82) is 0 Å². The van der Waals surface area contributed by atoms with Crippen LogP contribution >= 0.6 is 0 Å². The van der Waals surface area contributed by atoms with E-state index in [1.54, 1.807) is 24.3 Å². The van der Waals surface area contributed by atoms with Crippen LogP contribution in [0.4, 0.5) is 0 Å². The van der Waals surface area contributed by atoms with E-state index in [9.17, 15) is 8.42 Å². The number of aryl methyl sites for hydroxylation is 1. The van der Waals surface area contributed by atoms with Gasteiger partial charge in [0.15, 0.2) is 0 Å². The molecule has 0 radical (unpaired) electrons. The van der Waals surface area contributed by atoms with Gasteiger partial charge in [-0.05, 0) is 30.9 Å². The van der Waals surface area contributed by atoms with Crippen LogP contribution in [-0.2, 0) is 14.3 Å². The van der Waals surface area contributed by atoms with Crippen LogP contribution in [0.5, 0.6) is 0 Å². The van der Waals surface area contributed by atoms with Crippen molar-refractivity contribution in [3.05, 3.63) is 29.8 Å². The first-order valence-corrected chi connectivity index (χ1v) is 9.40. The van der Waals surface area contributed by atoms with Crippen LogP contribution in [0.3, 0.4) is 0 Å². The molecule has 1 atom stereocenters. The predicted molar refractivity (Wildman–Crippen MR) is 84.7 cm³/mol. The van der Waals surface area contributed by atoms with Gasteiger partial charge in [0.05, 0.1) is 11.5 Å². The van der Waals surface area contributed by atoms with Gasteiger partial charge in [-0.15, -0.1) is 0 Å². The number of benzene rings is 1. The molecule has 0 aliphatic heterocycles. The van der Waals surface area contributed by atoms with E-state index in [0.29, 0.717) is 18.4 Å². The molecule has 0 saturated heterocycles. The van der Waals surface area contributed by atoms with Crippen LogP contribution in [0.2, 0.25) is 0 Å². The molecule has 0 bridgehead atoms. The van der Waals surface area contributed by atoms with E-state index in [-0.39, 0.29) is 4.90 Å². The van der Waals surface area contributed by atoms with E-state index >= 15 is 0 Å². The molecule has 0 heterocycles. The fourth-order valence-corrected chi connectivity index (χ4v) is 4.10. The standard InChI is InChI=1S/C17H26O3S/c1-3-15(16-7-5-4-6-8-16)13-20-21(18,19)17-11-9-14(2)10-12-17/h9-12,15-16H,3-8,13H2,1-2H3/t15-/m1/s1. The summed E-state index contributed by atoms with van der Waals surface area (Å²) in [6.07, 6.45) is 7.26. The van der Waals surface area contributed by atoms with Gasteiger partial charge in [-0.3, -0.25) is 4.18 Å². The third-order valence-corrected chi connectivity index (χ3v) is 5.88. The maximum absolute atomic E-state index is 12.2. The minimum atomic E-state index is -3.62. The third-order valence-electron chi connectivity index (χ3n) is 4.59. The maximum Gasteiger partial charge on any atom is 0.296 e. The Hall–Kier alpha value is -0.870. The molecule has 118 valence electrons. The Kier molecular flexibility index (Phi) is 5.82. The van der Waals surface area contributed by atoms with Crippen LogP contribution < -0.4 is 0 Å². The zero-order chi connectivity index (χ0) is 15.3. The summed E-state index contributed by atoms with van der Waals surface area (Å²) in [6, 6.07) is 6.84. The highest BCUT2D eigenvalue weighted by molar-refractivity contribution is 7.86. The normalized spacial score (nSPS) is 18.6. The third kappa shape index (κ3) is 4.55. The lowest BCUT2D eigenvalue weighted by Crippen LogP contribution is -2.23. The van der Waals surface area contributed by atoms with Crippen molar-refractivity contribution < 1.29 is 12.6 Å². The molecule has 3 nitrogen and oxygen atoms in total. The number of rotatable bonds is 6. The predicted octanol–water partition coefficient (Wildman–Crippen LogP) is 4.31. The molecule has 4 heteroatoms. The molecular formula is C17H26O3S. The van der Waals surface area contributed by atoms with Gasteiger partial charge in [-0.2, -0.15) is 8.42 Å². The lowest BCUT2D eigenvalue weighted by molar-refractivity contribution is 0.162. The van der Waals surface area contributed by atoms with Gasteiger partial charge in [0.25, 0.3) is 10.1 Å². The number of hydrogen-bond acceptors (Lipinski definition) is 3. The highest BCUT2D eigenvalue weighted by Gasteiger charge is 2.25. The summed E-state index contributed by atoms with van der Waals surface area (Å²) in [5, 5.41) is 0. The molecule has 0 unspecified atom stereocenters. The smallest absolute Gasteiger partial charge is 0.266 e. The molecule has 1 saturated carbocycles. The van der Waals surface area contributed by atoms with Crippen molar-refractivity contribution in [3.63, 3.8) is 0 Å². The summed E-state index contributed by atoms with van der Waals surface area (Å²) in [7, 11) is -3.62. The second-order valence-corrected chi connectivity index (χ2v) is 7.73. The van der Waals surface area contributed by atoms with Crippen molar-refractivity contribution in [2.24, 2.45) is 11.8 Å². The van der Waals surface area contributed by atoms with Gasteiger partial charge in [0.2, 0.25) is 0 Å². The second kappa shape index (κ2) is 7.41. The van der Waals surface area contributed by atoms with E-state index in [1.165, 1.54) is 32.1 Å². The van der Waals surface area contributed by atoms with Crippen LogP contribution in [0, 0.1) is 18.8 Å². The minimum Gasteiger partial charge on any atom is -0.266 e. The summed E-state index contributed by atoms with van der Waals surface area (Å²) in [5.41, 5.74) is 1.04.